The van der Waals surface area contributed by atoms with Gasteiger partial charge in [-0.2, -0.15) is 0 Å². The molecule has 0 aromatic carbocycles. The first-order chi connectivity index (χ1) is 7.83. The summed E-state index contributed by atoms with van der Waals surface area (Å²) in [7, 11) is 0. The third kappa shape index (κ3) is 4.38. The molecule has 0 heteroatoms. The molecule has 0 saturated carbocycles. The van der Waals surface area contributed by atoms with Gasteiger partial charge in [0.05, 0.1) is 0 Å². The van der Waals surface area contributed by atoms with Crippen molar-refractivity contribution in [3.05, 3.63) is 37.5 Å². The molecule has 1 aliphatic carbocycles. The largest absolute Gasteiger partial charge is 0.103 e. The average molecular weight is 218 g/mol. The van der Waals surface area contributed by atoms with Gasteiger partial charge in [-0.15, -0.1) is 13.2 Å². The third-order valence-corrected chi connectivity index (χ3v) is 3.79. The van der Waals surface area contributed by atoms with Crippen LogP contribution in [0.25, 0.3) is 0 Å². The second-order valence-electron chi connectivity index (χ2n) is 5.08. The van der Waals surface area contributed by atoms with Crippen molar-refractivity contribution in [1.29, 1.82) is 0 Å². The SMILES string of the molecule is C=CCCCC1(CCCC=C)CC=CCC1. The molecule has 0 N–H and O–H groups in total. The van der Waals surface area contributed by atoms with Crippen molar-refractivity contribution in [3.8, 4) is 0 Å². The molecule has 0 atom stereocenters. The quantitative estimate of drug-likeness (QED) is 0.376. The lowest BCUT2D eigenvalue weighted by atomic mass is 9.70. The Morgan fingerprint density at radius 1 is 1.00 bits per heavy atom. The van der Waals surface area contributed by atoms with Crippen LogP contribution in [0.3, 0.4) is 0 Å². The van der Waals surface area contributed by atoms with Gasteiger partial charge in [0.15, 0.2) is 0 Å². The number of allylic oxidation sites excluding steroid dienone is 4. The molecule has 0 bridgehead atoms. The summed E-state index contributed by atoms with van der Waals surface area (Å²) in [5.74, 6) is 0. The highest BCUT2D eigenvalue weighted by molar-refractivity contribution is 4.98. The van der Waals surface area contributed by atoms with E-state index in [1.165, 1.54) is 57.8 Å². The lowest BCUT2D eigenvalue weighted by Gasteiger charge is -2.35. The standard InChI is InChI=1S/C16H26/c1-3-5-8-12-16(13-9-6-4-2)14-10-7-11-15-16/h3-4,7,10H,1-2,5-6,8-9,11-15H2. The van der Waals surface area contributed by atoms with Crippen molar-refractivity contribution in [3.63, 3.8) is 0 Å². The van der Waals surface area contributed by atoms with Gasteiger partial charge in [-0.25, -0.2) is 0 Å². The Morgan fingerprint density at radius 3 is 2.06 bits per heavy atom. The van der Waals surface area contributed by atoms with Gasteiger partial charge in [0.25, 0.3) is 0 Å². The summed E-state index contributed by atoms with van der Waals surface area (Å²) in [4.78, 5) is 0. The Kier molecular flexibility index (Phi) is 6.22. The molecule has 0 aliphatic heterocycles. The van der Waals surface area contributed by atoms with Gasteiger partial charge < -0.3 is 0 Å². The van der Waals surface area contributed by atoms with Crippen LogP contribution in [0.2, 0.25) is 0 Å². The molecule has 16 heavy (non-hydrogen) atoms. The molecule has 0 unspecified atom stereocenters. The molecule has 0 saturated heterocycles. The Balaban J connectivity index is 2.42. The zero-order valence-corrected chi connectivity index (χ0v) is 10.6. The predicted molar refractivity (Wildman–Crippen MR) is 73.5 cm³/mol. The summed E-state index contributed by atoms with van der Waals surface area (Å²) >= 11 is 0. The molecule has 1 aliphatic rings. The fourth-order valence-corrected chi connectivity index (χ4v) is 2.76. The molecule has 0 spiro atoms. The number of unbranched alkanes of at least 4 members (excludes halogenated alkanes) is 2. The normalized spacial score (nSPS) is 18.2. The summed E-state index contributed by atoms with van der Waals surface area (Å²) in [6.07, 6.45) is 20.5. The maximum atomic E-state index is 3.81. The van der Waals surface area contributed by atoms with Gasteiger partial charge in [0.1, 0.15) is 0 Å². The van der Waals surface area contributed by atoms with Crippen molar-refractivity contribution in [2.75, 3.05) is 0 Å². The summed E-state index contributed by atoms with van der Waals surface area (Å²) in [6, 6.07) is 0. The lowest BCUT2D eigenvalue weighted by Crippen LogP contribution is -2.22. The fourth-order valence-electron chi connectivity index (χ4n) is 2.76. The Labute approximate surface area is 101 Å². The van der Waals surface area contributed by atoms with E-state index in [1.54, 1.807) is 0 Å². The number of hydrogen-bond acceptors (Lipinski definition) is 0. The molecule has 90 valence electrons. The van der Waals surface area contributed by atoms with Crippen molar-refractivity contribution in [1.82, 2.24) is 0 Å². The highest BCUT2D eigenvalue weighted by atomic mass is 14.3. The van der Waals surface area contributed by atoms with E-state index in [2.05, 4.69) is 37.5 Å². The smallest absolute Gasteiger partial charge is 0.0260 e. The first-order valence-corrected chi connectivity index (χ1v) is 6.70. The van der Waals surface area contributed by atoms with Crippen LogP contribution in [-0.2, 0) is 0 Å². The summed E-state index contributed by atoms with van der Waals surface area (Å²) in [6.45, 7) is 7.63. The molecule has 0 heterocycles. The van der Waals surface area contributed by atoms with Gasteiger partial charge in [-0.1, -0.05) is 24.3 Å². The zero-order chi connectivity index (χ0) is 11.7. The Morgan fingerprint density at radius 2 is 1.62 bits per heavy atom. The van der Waals surface area contributed by atoms with Crippen LogP contribution in [0.1, 0.15) is 57.8 Å². The predicted octanol–water partition coefficient (Wildman–Crippen LogP) is 5.43. The molecule has 0 aromatic heterocycles. The zero-order valence-electron chi connectivity index (χ0n) is 10.6. The van der Waals surface area contributed by atoms with Crippen LogP contribution in [0.5, 0.6) is 0 Å². The van der Waals surface area contributed by atoms with Gasteiger partial charge in [-0.3, -0.25) is 0 Å². The van der Waals surface area contributed by atoms with Crippen LogP contribution >= 0.6 is 0 Å². The highest BCUT2D eigenvalue weighted by Gasteiger charge is 2.28. The number of hydrogen-bond donors (Lipinski definition) is 0. The van der Waals surface area contributed by atoms with E-state index in [-0.39, 0.29) is 0 Å². The van der Waals surface area contributed by atoms with Gasteiger partial charge in [0.2, 0.25) is 0 Å². The van der Waals surface area contributed by atoms with E-state index in [0.717, 1.165) is 0 Å². The minimum atomic E-state index is 0.598. The van der Waals surface area contributed by atoms with Crippen LogP contribution in [0.4, 0.5) is 0 Å². The molecule has 0 nitrogen and oxygen atoms in total. The van der Waals surface area contributed by atoms with Crippen molar-refractivity contribution >= 4 is 0 Å². The van der Waals surface area contributed by atoms with Crippen molar-refractivity contribution < 1.29 is 0 Å². The highest BCUT2D eigenvalue weighted by Crippen LogP contribution is 2.42. The van der Waals surface area contributed by atoms with E-state index in [9.17, 15) is 0 Å². The molecular weight excluding hydrogens is 192 g/mol. The first kappa shape index (κ1) is 13.3. The Hall–Kier alpha value is -0.780. The first-order valence-electron chi connectivity index (χ1n) is 6.70. The van der Waals surface area contributed by atoms with Gasteiger partial charge in [-0.05, 0) is 63.2 Å². The second-order valence-corrected chi connectivity index (χ2v) is 5.08. The minimum absolute atomic E-state index is 0.598. The fraction of sp³-hybridized carbons (Fsp3) is 0.625. The van der Waals surface area contributed by atoms with E-state index < -0.39 is 0 Å². The van der Waals surface area contributed by atoms with E-state index in [0.29, 0.717) is 5.41 Å². The maximum Gasteiger partial charge on any atom is -0.0260 e. The number of rotatable bonds is 8. The van der Waals surface area contributed by atoms with Crippen LogP contribution in [0, 0.1) is 5.41 Å². The molecule has 0 aromatic rings. The minimum Gasteiger partial charge on any atom is -0.103 e. The van der Waals surface area contributed by atoms with Gasteiger partial charge >= 0.3 is 0 Å². The topological polar surface area (TPSA) is 0 Å². The van der Waals surface area contributed by atoms with E-state index in [4.69, 9.17) is 0 Å². The molecule has 0 radical (unpaired) electrons. The summed E-state index contributed by atoms with van der Waals surface area (Å²) in [5, 5.41) is 0. The molecule has 0 amide bonds. The third-order valence-electron chi connectivity index (χ3n) is 3.79. The maximum absolute atomic E-state index is 3.81. The van der Waals surface area contributed by atoms with Crippen LogP contribution in [-0.4, -0.2) is 0 Å². The summed E-state index contributed by atoms with van der Waals surface area (Å²) in [5.41, 5.74) is 0.598. The lowest BCUT2D eigenvalue weighted by molar-refractivity contribution is 0.205. The molecule has 1 rings (SSSR count). The molecular formula is C16H26. The van der Waals surface area contributed by atoms with E-state index >= 15 is 0 Å². The molecule has 0 fully saturated rings. The monoisotopic (exact) mass is 218 g/mol. The average Bonchev–Trinajstić information content (AvgIpc) is 2.31. The van der Waals surface area contributed by atoms with E-state index in [1.807, 2.05) is 0 Å². The van der Waals surface area contributed by atoms with Crippen molar-refractivity contribution in [2.24, 2.45) is 5.41 Å². The van der Waals surface area contributed by atoms with Crippen LogP contribution < -0.4 is 0 Å². The summed E-state index contributed by atoms with van der Waals surface area (Å²) < 4.78 is 0. The van der Waals surface area contributed by atoms with Gasteiger partial charge in [0, 0.05) is 0 Å². The second kappa shape index (κ2) is 7.49. The van der Waals surface area contributed by atoms with Crippen LogP contribution in [0.15, 0.2) is 37.5 Å². The Bertz CT molecular complexity index is 220. The van der Waals surface area contributed by atoms with Crippen molar-refractivity contribution in [2.45, 2.75) is 57.8 Å².